The molecule has 1 saturated carbocycles. The van der Waals surface area contributed by atoms with E-state index in [0.29, 0.717) is 17.8 Å². The van der Waals surface area contributed by atoms with Crippen LogP contribution in [0.1, 0.15) is 40.0 Å². The molecule has 0 aromatic carbocycles. The van der Waals surface area contributed by atoms with Crippen molar-refractivity contribution in [3.8, 4) is 0 Å². The van der Waals surface area contributed by atoms with Gasteiger partial charge in [0.15, 0.2) is 0 Å². The molecule has 0 unspecified atom stereocenters. The summed E-state index contributed by atoms with van der Waals surface area (Å²) in [5.41, 5.74) is -1.01. The van der Waals surface area contributed by atoms with Gasteiger partial charge in [-0.25, -0.2) is 4.79 Å². The number of nitrogens with one attached hydrogen (secondary N) is 2. The van der Waals surface area contributed by atoms with Crippen LogP contribution in [-0.2, 0) is 11.3 Å². The number of hydrogen-bond acceptors (Lipinski definition) is 3. The first-order valence-electron chi connectivity index (χ1n) is 7.96. The number of H-pyrrole nitrogens is 1. The fraction of sp³-hybridized carbons (Fsp3) is 0.688. The van der Waals surface area contributed by atoms with E-state index in [0.717, 1.165) is 12.8 Å². The number of carbonyl (C=O) groups excluding carboxylic acids is 1. The van der Waals surface area contributed by atoms with Crippen LogP contribution in [0.25, 0.3) is 0 Å². The SMILES string of the molecule is CC(C)[C@@H]1CC[C@@H](C)C[C@H]1NC(=O)Cn1ccc(=O)[nH]c1=O. The number of rotatable bonds is 4. The largest absolute Gasteiger partial charge is 0.352 e. The number of aromatic amines is 1. The van der Waals surface area contributed by atoms with Crippen LogP contribution in [0.4, 0.5) is 0 Å². The van der Waals surface area contributed by atoms with Gasteiger partial charge in [0.25, 0.3) is 5.56 Å². The predicted octanol–water partition coefficient (Wildman–Crippen LogP) is 1.11. The van der Waals surface area contributed by atoms with E-state index in [1.54, 1.807) is 0 Å². The standard InChI is InChI=1S/C16H25N3O3/c1-10(2)12-5-4-11(3)8-13(12)17-15(21)9-19-7-6-14(20)18-16(19)22/h6-7,10-13H,4-5,8-9H2,1-3H3,(H,17,21)(H,18,20,22)/t11-,12+,13-/m1/s1. The average molecular weight is 307 g/mol. The van der Waals surface area contributed by atoms with Crippen LogP contribution in [0, 0.1) is 17.8 Å². The molecule has 3 atom stereocenters. The predicted molar refractivity (Wildman–Crippen MR) is 84.6 cm³/mol. The normalized spacial score (nSPS) is 25.2. The van der Waals surface area contributed by atoms with Crippen molar-refractivity contribution in [1.82, 2.24) is 14.9 Å². The van der Waals surface area contributed by atoms with Crippen LogP contribution in [0.3, 0.4) is 0 Å². The zero-order valence-corrected chi connectivity index (χ0v) is 13.5. The van der Waals surface area contributed by atoms with E-state index in [-0.39, 0.29) is 18.5 Å². The Balaban J connectivity index is 2.03. The third kappa shape index (κ3) is 4.08. The summed E-state index contributed by atoms with van der Waals surface area (Å²) in [7, 11) is 0. The lowest BCUT2D eigenvalue weighted by molar-refractivity contribution is -0.123. The van der Waals surface area contributed by atoms with Crippen molar-refractivity contribution >= 4 is 5.91 Å². The van der Waals surface area contributed by atoms with Crippen LogP contribution >= 0.6 is 0 Å². The summed E-state index contributed by atoms with van der Waals surface area (Å²) in [6.07, 6.45) is 4.66. The molecule has 0 spiro atoms. The molecular formula is C16H25N3O3. The van der Waals surface area contributed by atoms with Crippen LogP contribution in [0.2, 0.25) is 0 Å². The molecule has 1 heterocycles. The van der Waals surface area contributed by atoms with Crippen LogP contribution in [-0.4, -0.2) is 21.5 Å². The lowest BCUT2D eigenvalue weighted by Crippen LogP contribution is -2.47. The maximum absolute atomic E-state index is 12.2. The quantitative estimate of drug-likeness (QED) is 0.874. The van der Waals surface area contributed by atoms with Crippen molar-refractivity contribution in [2.75, 3.05) is 0 Å². The Morgan fingerprint density at radius 2 is 2.14 bits per heavy atom. The molecule has 1 aromatic rings. The average Bonchev–Trinajstić information content (AvgIpc) is 2.41. The van der Waals surface area contributed by atoms with E-state index in [9.17, 15) is 14.4 Å². The Morgan fingerprint density at radius 1 is 1.41 bits per heavy atom. The van der Waals surface area contributed by atoms with E-state index in [1.165, 1.54) is 23.3 Å². The van der Waals surface area contributed by atoms with E-state index in [4.69, 9.17) is 0 Å². The minimum atomic E-state index is -0.555. The molecule has 1 aromatic heterocycles. The zero-order chi connectivity index (χ0) is 16.3. The van der Waals surface area contributed by atoms with Crippen LogP contribution in [0.5, 0.6) is 0 Å². The second kappa shape index (κ2) is 6.94. The summed E-state index contributed by atoms with van der Waals surface area (Å²) in [5.74, 6) is 1.43. The summed E-state index contributed by atoms with van der Waals surface area (Å²) >= 11 is 0. The van der Waals surface area contributed by atoms with Gasteiger partial charge in [-0.2, -0.15) is 0 Å². The number of aromatic nitrogens is 2. The highest BCUT2D eigenvalue weighted by Crippen LogP contribution is 2.33. The monoisotopic (exact) mass is 307 g/mol. The van der Waals surface area contributed by atoms with Gasteiger partial charge in [0.1, 0.15) is 6.54 Å². The van der Waals surface area contributed by atoms with Gasteiger partial charge < -0.3 is 5.32 Å². The highest BCUT2D eigenvalue weighted by Gasteiger charge is 2.31. The molecule has 2 rings (SSSR count). The van der Waals surface area contributed by atoms with Crippen molar-refractivity contribution < 1.29 is 4.79 Å². The van der Waals surface area contributed by atoms with Gasteiger partial charge in [-0.1, -0.05) is 27.2 Å². The lowest BCUT2D eigenvalue weighted by atomic mass is 9.74. The van der Waals surface area contributed by atoms with Crippen molar-refractivity contribution in [1.29, 1.82) is 0 Å². The zero-order valence-electron chi connectivity index (χ0n) is 13.5. The highest BCUT2D eigenvalue weighted by atomic mass is 16.2. The molecule has 0 saturated heterocycles. The van der Waals surface area contributed by atoms with E-state index in [2.05, 4.69) is 31.1 Å². The van der Waals surface area contributed by atoms with Gasteiger partial charge in [-0.05, 0) is 30.6 Å². The first-order chi connectivity index (χ1) is 10.4. The molecule has 2 N–H and O–H groups in total. The second-order valence-electron chi connectivity index (χ2n) is 6.74. The maximum atomic E-state index is 12.2. The summed E-state index contributed by atoms with van der Waals surface area (Å²) in [6.45, 7) is 6.52. The van der Waals surface area contributed by atoms with Gasteiger partial charge in [0, 0.05) is 18.3 Å². The fourth-order valence-electron chi connectivity index (χ4n) is 3.34. The number of amides is 1. The first-order valence-corrected chi connectivity index (χ1v) is 7.96. The number of hydrogen-bond donors (Lipinski definition) is 2. The molecule has 0 aliphatic heterocycles. The second-order valence-corrected chi connectivity index (χ2v) is 6.74. The summed E-state index contributed by atoms with van der Waals surface area (Å²) in [5, 5.41) is 3.08. The maximum Gasteiger partial charge on any atom is 0.328 e. The number of carbonyl (C=O) groups is 1. The van der Waals surface area contributed by atoms with Gasteiger partial charge in [-0.15, -0.1) is 0 Å². The molecule has 22 heavy (non-hydrogen) atoms. The van der Waals surface area contributed by atoms with E-state index >= 15 is 0 Å². The molecule has 0 radical (unpaired) electrons. The molecule has 6 heteroatoms. The molecule has 0 bridgehead atoms. The molecule has 1 fully saturated rings. The molecule has 122 valence electrons. The van der Waals surface area contributed by atoms with E-state index < -0.39 is 11.2 Å². The Labute approximate surface area is 129 Å². The fourth-order valence-corrected chi connectivity index (χ4v) is 3.34. The Morgan fingerprint density at radius 3 is 2.77 bits per heavy atom. The molecular weight excluding hydrogens is 282 g/mol. The lowest BCUT2D eigenvalue weighted by Gasteiger charge is -2.37. The molecule has 1 amide bonds. The summed E-state index contributed by atoms with van der Waals surface area (Å²) < 4.78 is 1.22. The first kappa shape index (κ1) is 16.5. The van der Waals surface area contributed by atoms with Crippen molar-refractivity contribution in [3.05, 3.63) is 33.1 Å². The van der Waals surface area contributed by atoms with Crippen molar-refractivity contribution in [3.63, 3.8) is 0 Å². The minimum Gasteiger partial charge on any atom is -0.352 e. The van der Waals surface area contributed by atoms with Crippen molar-refractivity contribution in [2.45, 2.75) is 52.6 Å². The smallest absolute Gasteiger partial charge is 0.328 e. The Hall–Kier alpha value is -1.85. The van der Waals surface area contributed by atoms with E-state index in [1.807, 2.05) is 0 Å². The Bertz CT molecular complexity index is 632. The summed E-state index contributed by atoms with van der Waals surface area (Å²) in [4.78, 5) is 37.0. The summed E-state index contributed by atoms with van der Waals surface area (Å²) in [6, 6.07) is 1.41. The molecule has 1 aliphatic carbocycles. The van der Waals surface area contributed by atoms with Gasteiger partial charge in [0.2, 0.25) is 5.91 Å². The topological polar surface area (TPSA) is 84.0 Å². The third-order valence-electron chi connectivity index (χ3n) is 4.58. The Kier molecular flexibility index (Phi) is 5.21. The van der Waals surface area contributed by atoms with Gasteiger partial charge >= 0.3 is 5.69 Å². The molecule has 1 aliphatic rings. The molecule has 6 nitrogen and oxygen atoms in total. The van der Waals surface area contributed by atoms with Gasteiger partial charge in [-0.3, -0.25) is 19.1 Å². The van der Waals surface area contributed by atoms with Crippen LogP contribution in [0.15, 0.2) is 21.9 Å². The van der Waals surface area contributed by atoms with Crippen LogP contribution < -0.4 is 16.6 Å². The minimum absolute atomic E-state index is 0.0642. The third-order valence-corrected chi connectivity index (χ3v) is 4.58. The van der Waals surface area contributed by atoms with Crippen molar-refractivity contribution in [2.24, 2.45) is 17.8 Å². The highest BCUT2D eigenvalue weighted by molar-refractivity contribution is 5.76. The van der Waals surface area contributed by atoms with Gasteiger partial charge in [0.05, 0.1) is 0 Å². The number of nitrogens with zero attached hydrogens (tertiary/aromatic N) is 1.